The summed E-state index contributed by atoms with van der Waals surface area (Å²) >= 11 is 1.84. The lowest BCUT2D eigenvalue weighted by Gasteiger charge is -2.25. The van der Waals surface area contributed by atoms with Crippen LogP contribution in [0.1, 0.15) is 28.5 Å². The summed E-state index contributed by atoms with van der Waals surface area (Å²) in [5, 5.41) is 3.04. The van der Waals surface area contributed by atoms with Crippen molar-refractivity contribution in [2.75, 3.05) is 5.75 Å². The van der Waals surface area contributed by atoms with Crippen molar-refractivity contribution in [2.45, 2.75) is 17.4 Å². The molecule has 2 heterocycles. The number of fused-ring (bicyclic) bond motifs is 1. The molecule has 1 amide bonds. The van der Waals surface area contributed by atoms with Crippen LogP contribution in [0.5, 0.6) is 0 Å². The number of carbonyl (C=O) groups excluding carboxylic acids is 1. The van der Waals surface area contributed by atoms with Crippen LogP contribution < -0.4 is 5.32 Å². The minimum atomic E-state index is -0.167. The first-order valence-corrected chi connectivity index (χ1v) is 7.12. The average molecular weight is 271 g/mol. The Bertz CT molecular complexity index is 588. The summed E-state index contributed by atoms with van der Waals surface area (Å²) in [6, 6.07) is 8.27. The van der Waals surface area contributed by atoms with Gasteiger partial charge in [0.05, 0.1) is 12.2 Å². The van der Waals surface area contributed by atoms with E-state index in [1.807, 2.05) is 23.9 Å². The highest BCUT2D eigenvalue weighted by atomic mass is 32.2. The topological polar surface area (TPSA) is 54.9 Å². The molecule has 0 bridgehead atoms. The van der Waals surface area contributed by atoms with E-state index in [1.54, 1.807) is 6.20 Å². The molecule has 96 valence electrons. The second-order valence-electron chi connectivity index (χ2n) is 4.29. The third-order valence-electron chi connectivity index (χ3n) is 3.06. The number of benzene rings is 1. The smallest absolute Gasteiger partial charge is 0.271 e. The van der Waals surface area contributed by atoms with Gasteiger partial charge in [-0.2, -0.15) is 0 Å². The fourth-order valence-corrected chi connectivity index (χ4v) is 3.27. The maximum Gasteiger partial charge on any atom is 0.271 e. The van der Waals surface area contributed by atoms with Crippen LogP contribution in [0.15, 0.2) is 47.8 Å². The average Bonchev–Trinajstić information content (AvgIpc) is 2.48. The Kier molecular flexibility index (Phi) is 3.46. The van der Waals surface area contributed by atoms with Crippen molar-refractivity contribution in [1.29, 1.82) is 0 Å². The van der Waals surface area contributed by atoms with E-state index in [-0.39, 0.29) is 11.9 Å². The van der Waals surface area contributed by atoms with Gasteiger partial charge in [-0.15, -0.1) is 11.8 Å². The van der Waals surface area contributed by atoms with Gasteiger partial charge < -0.3 is 5.32 Å². The first-order valence-electron chi connectivity index (χ1n) is 6.13. The van der Waals surface area contributed by atoms with Crippen molar-refractivity contribution in [3.63, 3.8) is 0 Å². The second kappa shape index (κ2) is 5.40. The third kappa shape index (κ3) is 2.61. The molecular weight excluding hydrogens is 258 g/mol. The van der Waals surface area contributed by atoms with Gasteiger partial charge in [0, 0.05) is 23.0 Å². The van der Waals surface area contributed by atoms with Crippen molar-refractivity contribution >= 4 is 17.7 Å². The molecule has 0 fully saturated rings. The molecule has 1 aliphatic rings. The van der Waals surface area contributed by atoms with Gasteiger partial charge >= 0.3 is 0 Å². The largest absolute Gasteiger partial charge is 0.344 e. The number of hydrogen-bond donors (Lipinski definition) is 1. The van der Waals surface area contributed by atoms with E-state index in [0.717, 1.165) is 12.2 Å². The number of amides is 1. The van der Waals surface area contributed by atoms with Crippen molar-refractivity contribution in [1.82, 2.24) is 15.3 Å². The van der Waals surface area contributed by atoms with Gasteiger partial charge in [-0.3, -0.25) is 9.78 Å². The fraction of sp³-hybridized carbons (Fsp3) is 0.214. The minimum absolute atomic E-state index is 0.0620. The Morgan fingerprint density at radius 3 is 3.05 bits per heavy atom. The first kappa shape index (κ1) is 12.2. The van der Waals surface area contributed by atoms with Gasteiger partial charge in [0.2, 0.25) is 0 Å². The maximum atomic E-state index is 12.1. The van der Waals surface area contributed by atoms with Crippen LogP contribution in [0.25, 0.3) is 0 Å². The summed E-state index contributed by atoms with van der Waals surface area (Å²) < 4.78 is 0. The van der Waals surface area contributed by atoms with Crippen LogP contribution in [0.4, 0.5) is 0 Å². The zero-order chi connectivity index (χ0) is 13.1. The predicted molar refractivity (Wildman–Crippen MR) is 74.0 cm³/mol. The lowest BCUT2D eigenvalue weighted by atomic mass is 10.0. The molecular formula is C14H13N3OS. The molecule has 2 aromatic rings. The molecule has 0 aliphatic carbocycles. The molecule has 0 spiro atoms. The molecule has 0 saturated heterocycles. The highest BCUT2D eigenvalue weighted by Crippen LogP contribution is 2.35. The van der Waals surface area contributed by atoms with Crippen LogP contribution >= 0.6 is 11.8 Å². The van der Waals surface area contributed by atoms with E-state index in [4.69, 9.17) is 0 Å². The molecule has 1 aromatic carbocycles. The molecule has 0 saturated carbocycles. The molecule has 1 N–H and O–H groups in total. The lowest BCUT2D eigenvalue weighted by molar-refractivity contribution is 0.0929. The summed E-state index contributed by atoms with van der Waals surface area (Å²) in [5.41, 5.74) is 1.55. The first-order chi connectivity index (χ1) is 9.34. The van der Waals surface area contributed by atoms with Gasteiger partial charge in [0.25, 0.3) is 5.91 Å². The summed E-state index contributed by atoms with van der Waals surface area (Å²) in [6.07, 6.45) is 5.51. The van der Waals surface area contributed by atoms with Crippen LogP contribution in [0, 0.1) is 0 Å². The Balaban J connectivity index is 1.80. The van der Waals surface area contributed by atoms with Crippen molar-refractivity contribution < 1.29 is 4.79 Å². The highest BCUT2D eigenvalue weighted by molar-refractivity contribution is 7.99. The normalized spacial score (nSPS) is 17.6. The molecule has 5 heteroatoms. The maximum absolute atomic E-state index is 12.1. The van der Waals surface area contributed by atoms with Crippen molar-refractivity contribution in [2.24, 2.45) is 0 Å². The number of carbonyl (C=O) groups is 1. The van der Waals surface area contributed by atoms with Gasteiger partial charge in [-0.25, -0.2) is 4.98 Å². The Morgan fingerprint density at radius 2 is 2.21 bits per heavy atom. The second-order valence-corrected chi connectivity index (χ2v) is 5.43. The van der Waals surface area contributed by atoms with Crippen LogP contribution in [0.3, 0.4) is 0 Å². The summed E-state index contributed by atoms with van der Waals surface area (Å²) in [5.74, 6) is 0.849. The van der Waals surface area contributed by atoms with Gasteiger partial charge in [0.1, 0.15) is 5.69 Å². The zero-order valence-electron chi connectivity index (χ0n) is 10.2. The van der Waals surface area contributed by atoms with E-state index in [1.165, 1.54) is 22.9 Å². The quantitative estimate of drug-likeness (QED) is 0.911. The molecule has 1 aliphatic heterocycles. The molecule has 1 aromatic heterocycles. The zero-order valence-corrected chi connectivity index (χ0v) is 11.1. The molecule has 0 radical (unpaired) electrons. The predicted octanol–water partition coefficient (Wildman–Crippen LogP) is 2.44. The SMILES string of the molecule is O=C(NC1CCSc2ccccc21)c1cnccn1. The minimum Gasteiger partial charge on any atom is -0.344 e. The van der Waals surface area contributed by atoms with E-state index >= 15 is 0 Å². The number of hydrogen-bond acceptors (Lipinski definition) is 4. The molecule has 3 rings (SSSR count). The van der Waals surface area contributed by atoms with Gasteiger partial charge in [-0.1, -0.05) is 18.2 Å². The molecule has 1 unspecified atom stereocenters. The van der Waals surface area contributed by atoms with E-state index < -0.39 is 0 Å². The lowest BCUT2D eigenvalue weighted by Crippen LogP contribution is -2.31. The monoisotopic (exact) mass is 271 g/mol. The summed E-state index contributed by atoms with van der Waals surface area (Å²) in [7, 11) is 0. The summed E-state index contributed by atoms with van der Waals surface area (Å²) in [6.45, 7) is 0. The van der Waals surface area contributed by atoms with E-state index in [0.29, 0.717) is 5.69 Å². The number of thioether (sulfide) groups is 1. The van der Waals surface area contributed by atoms with E-state index in [2.05, 4.69) is 27.4 Å². The number of aromatic nitrogens is 2. The molecule has 1 atom stereocenters. The van der Waals surface area contributed by atoms with E-state index in [9.17, 15) is 4.79 Å². The summed E-state index contributed by atoms with van der Waals surface area (Å²) in [4.78, 5) is 21.3. The highest BCUT2D eigenvalue weighted by Gasteiger charge is 2.22. The van der Waals surface area contributed by atoms with Crippen molar-refractivity contribution in [3.05, 3.63) is 54.1 Å². The Morgan fingerprint density at radius 1 is 1.32 bits per heavy atom. The Labute approximate surface area is 115 Å². The van der Waals surface area contributed by atoms with Crippen LogP contribution in [0.2, 0.25) is 0 Å². The number of nitrogens with zero attached hydrogens (tertiary/aromatic N) is 2. The number of rotatable bonds is 2. The van der Waals surface area contributed by atoms with Crippen LogP contribution in [-0.4, -0.2) is 21.6 Å². The Hall–Kier alpha value is -1.88. The molecule has 19 heavy (non-hydrogen) atoms. The number of nitrogens with one attached hydrogen (secondary N) is 1. The van der Waals surface area contributed by atoms with Gasteiger partial charge in [0.15, 0.2) is 0 Å². The third-order valence-corrected chi connectivity index (χ3v) is 4.18. The van der Waals surface area contributed by atoms with Gasteiger partial charge in [-0.05, 0) is 18.1 Å². The standard InChI is InChI=1S/C14H13N3OS/c18-14(12-9-15-6-7-16-12)17-11-5-8-19-13-4-2-1-3-10(11)13/h1-4,6-7,9,11H,5,8H2,(H,17,18). The molecule has 4 nitrogen and oxygen atoms in total. The fourth-order valence-electron chi connectivity index (χ4n) is 2.14. The van der Waals surface area contributed by atoms with Crippen LogP contribution in [-0.2, 0) is 0 Å². The van der Waals surface area contributed by atoms with Crippen molar-refractivity contribution in [3.8, 4) is 0 Å².